The molecule has 19 heavy (non-hydrogen) atoms. The second-order valence-corrected chi connectivity index (χ2v) is 4.55. The van der Waals surface area contributed by atoms with Crippen molar-refractivity contribution in [2.75, 3.05) is 6.54 Å². The van der Waals surface area contributed by atoms with Crippen molar-refractivity contribution in [3.05, 3.63) is 35.9 Å². The number of benzene rings is 1. The first kappa shape index (κ1) is 15.3. The lowest BCUT2D eigenvalue weighted by molar-refractivity contribution is -0.149. The van der Waals surface area contributed by atoms with Gasteiger partial charge in [0.15, 0.2) is 11.3 Å². The number of aliphatic carboxylic acids is 1. The Kier molecular flexibility index (Phi) is 5.20. The third-order valence-electron chi connectivity index (χ3n) is 3.29. The molecule has 5 nitrogen and oxygen atoms in total. The van der Waals surface area contributed by atoms with Crippen molar-refractivity contribution in [2.24, 2.45) is 11.5 Å². The minimum atomic E-state index is -1.91. The van der Waals surface area contributed by atoms with Crippen molar-refractivity contribution in [2.45, 2.75) is 31.2 Å². The smallest absolute Gasteiger partial charge is 0.331 e. The molecule has 0 heterocycles. The van der Waals surface area contributed by atoms with E-state index in [9.17, 15) is 14.7 Å². The Balaban J connectivity index is 3.10. The van der Waals surface area contributed by atoms with Crippen LogP contribution in [0.25, 0.3) is 0 Å². The molecule has 0 aliphatic carbocycles. The van der Waals surface area contributed by atoms with Crippen molar-refractivity contribution >= 4 is 11.8 Å². The van der Waals surface area contributed by atoms with Crippen LogP contribution < -0.4 is 11.5 Å². The molecule has 0 aliphatic rings. The van der Waals surface area contributed by atoms with Crippen LogP contribution in [0.2, 0.25) is 0 Å². The Hall–Kier alpha value is -1.72. The minimum absolute atomic E-state index is 0.0553. The summed E-state index contributed by atoms with van der Waals surface area (Å²) in [6.07, 6.45) is 0.435. The van der Waals surface area contributed by atoms with Gasteiger partial charge >= 0.3 is 5.97 Å². The first-order valence-electron chi connectivity index (χ1n) is 6.29. The second-order valence-electron chi connectivity index (χ2n) is 4.55. The lowest BCUT2D eigenvalue weighted by Crippen LogP contribution is -2.57. The fraction of sp³-hybridized carbons (Fsp3) is 0.429. The Morgan fingerprint density at radius 1 is 1.32 bits per heavy atom. The van der Waals surface area contributed by atoms with Gasteiger partial charge in [0, 0.05) is 5.92 Å². The summed E-state index contributed by atoms with van der Waals surface area (Å²) in [6, 6.07) is 9.07. The Bertz CT molecular complexity index is 447. The summed E-state index contributed by atoms with van der Waals surface area (Å²) in [7, 11) is 0. The van der Waals surface area contributed by atoms with Gasteiger partial charge in [0.25, 0.3) is 0 Å². The molecule has 5 N–H and O–H groups in total. The Morgan fingerprint density at radius 2 is 1.89 bits per heavy atom. The van der Waals surface area contributed by atoms with Gasteiger partial charge < -0.3 is 16.6 Å². The monoisotopic (exact) mass is 264 g/mol. The normalized spacial score (nSPS) is 15.5. The average Bonchev–Trinajstić information content (AvgIpc) is 2.40. The third kappa shape index (κ3) is 3.19. The number of hydrogen-bond acceptors (Lipinski definition) is 4. The molecule has 0 radical (unpaired) electrons. The van der Waals surface area contributed by atoms with Crippen LogP contribution in [0.15, 0.2) is 30.3 Å². The summed E-state index contributed by atoms with van der Waals surface area (Å²) in [5, 5.41) is 9.22. The number of Topliss-reactive ketones (excluding diaryl/α,β-unsaturated/α-hetero) is 1. The van der Waals surface area contributed by atoms with Gasteiger partial charge in [-0.25, -0.2) is 4.79 Å². The molecule has 104 valence electrons. The average molecular weight is 264 g/mol. The lowest BCUT2D eigenvalue weighted by atomic mass is 9.79. The predicted molar refractivity (Wildman–Crippen MR) is 72.7 cm³/mol. The second kappa shape index (κ2) is 6.45. The van der Waals surface area contributed by atoms with Crippen LogP contribution in [-0.2, 0) is 9.59 Å². The van der Waals surface area contributed by atoms with E-state index in [1.807, 2.05) is 25.1 Å². The highest BCUT2D eigenvalue weighted by atomic mass is 16.4. The van der Waals surface area contributed by atoms with Gasteiger partial charge in [0.2, 0.25) is 0 Å². The van der Waals surface area contributed by atoms with E-state index >= 15 is 0 Å². The van der Waals surface area contributed by atoms with Crippen LogP contribution in [0.1, 0.15) is 31.2 Å². The number of carboxylic acids is 1. The fourth-order valence-corrected chi connectivity index (χ4v) is 2.13. The van der Waals surface area contributed by atoms with Crippen molar-refractivity contribution < 1.29 is 14.7 Å². The SMILES string of the molecule is CCC(C(=O)C(N)(CCN)C(=O)O)c1ccccc1. The van der Waals surface area contributed by atoms with E-state index in [4.69, 9.17) is 11.5 Å². The topological polar surface area (TPSA) is 106 Å². The van der Waals surface area contributed by atoms with Gasteiger partial charge in [-0.1, -0.05) is 37.3 Å². The molecule has 1 aromatic rings. The molecule has 2 unspecified atom stereocenters. The quantitative estimate of drug-likeness (QED) is 0.634. The predicted octanol–water partition coefficient (Wildman–Crippen LogP) is 0.880. The highest BCUT2D eigenvalue weighted by Gasteiger charge is 2.44. The maximum absolute atomic E-state index is 12.5. The van der Waals surface area contributed by atoms with E-state index in [2.05, 4.69) is 0 Å². The summed E-state index contributed by atoms with van der Waals surface area (Å²) in [4.78, 5) is 23.8. The van der Waals surface area contributed by atoms with E-state index in [-0.39, 0.29) is 13.0 Å². The molecule has 1 aromatic carbocycles. The van der Waals surface area contributed by atoms with Crippen LogP contribution >= 0.6 is 0 Å². The summed E-state index contributed by atoms with van der Waals surface area (Å²) < 4.78 is 0. The van der Waals surface area contributed by atoms with E-state index in [0.717, 1.165) is 5.56 Å². The Morgan fingerprint density at radius 3 is 2.32 bits per heavy atom. The number of rotatable bonds is 7. The third-order valence-corrected chi connectivity index (χ3v) is 3.29. The minimum Gasteiger partial charge on any atom is -0.480 e. The highest BCUT2D eigenvalue weighted by Crippen LogP contribution is 2.26. The molecule has 0 aromatic heterocycles. The molecule has 0 bridgehead atoms. The van der Waals surface area contributed by atoms with Gasteiger partial charge in [-0.2, -0.15) is 0 Å². The van der Waals surface area contributed by atoms with Crippen LogP contribution in [0.4, 0.5) is 0 Å². The maximum atomic E-state index is 12.5. The number of carbonyl (C=O) groups is 2. The zero-order valence-corrected chi connectivity index (χ0v) is 11.0. The van der Waals surface area contributed by atoms with Crippen molar-refractivity contribution in [3.8, 4) is 0 Å². The van der Waals surface area contributed by atoms with E-state index in [1.54, 1.807) is 12.1 Å². The first-order chi connectivity index (χ1) is 8.97. The van der Waals surface area contributed by atoms with Gasteiger partial charge in [-0.05, 0) is 24.9 Å². The summed E-state index contributed by atoms with van der Waals surface area (Å²) in [6.45, 7) is 1.89. The molecule has 0 saturated carbocycles. The first-order valence-corrected chi connectivity index (χ1v) is 6.29. The van der Waals surface area contributed by atoms with Crippen molar-refractivity contribution in [1.29, 1.82) is 0 Å². The number of carboxylic acid groups (broad SMARTS) is 1. The van der Waals surface area contributed by atoms with Crippen LogP contribution in [-0.4, -0.2) is 28.9 Å². The lowest BCUT2D eigenvalue weighted by Gasteiger charge is -2.27. The molecule has 0 amide bonds. The van der Waals surface area contributed by atoms with Gasteiger partial charge in [0.1, 0.15) is 0 Å². The number of hydrogen-bond donors (Lipinski definition) is 3. The van der Waals surface area contributed by atoms with E-state index in [1.165, 1.54) is 0 Å². The molecule has 1 rings (SSSR count). The molecule has 0 fully saturated rings. The molecular weight excluding hydrogens is 244 g/mol. The maximum Gasteiger partial charge on any atom is 0.331 e. The van der Waals surface area contributed by atoms with Crippen molar-refractivity contribution in [1.82, 2.24) is 0 Å². The number of ketones is 1. The summed E-state index contributed by atoms with van der Waals surface area (Å²) >= 11 is 0. The number of nitrogens with two attached hydrogens (primary N) is 2. The molecule has 0 saturated heterocycles. The fourth-order valence-electron chi connectivity index (χ4n) is 2.13. The van der Waals surface area contributed by atoms with Crippen LogP contribution in [0, 0.1) is 0 Å². The van der Waals surface area contributed by atoms with Gasteiger partial charge in [0.05, 0.1) is 0 Å². The molecule has 0 spiro atoms. The molecule has 5 heteroatoms. The molecule has 2 atom stereocenters. The summed E-state index contributed by atoms with van der Waals surface area (Å²) in [5.41, 5.74) is 10.0. The zero-order chi connectivity index (χ0) is 14.5. The van der Waals surface area contributed by atoms with Crippen molar-refractivity contribution in [3.63, 3.8) is 0 Å². The zero-order valence-electron chi connectivity index (χ0n) is 11.0. The van der Waals surface area contributed by atoms with Crippen LogP contribution in [0.5, 0.6) is 0 Å². The highest BCUT2D eigenvalue weighted by molar-refractivity contribution is 6.10. The van der Waals surface area contributed by atoms with E-state index in [0.29, 0.717) is 6.42 Å². The van der Waals surface area contributed by atoms with Crippen LogP contribution in [0.3, 0.4) is 0 Å². The summed E-state index contributed by atoms with van der Waals surface area (Å²) in [5.74, 6) is -2.33. The standard InChI is InChI=1S/C14H20N2O3/c1-2-11(10-6-4-3-5-7-10)12(17)14(16,8-9-15)13(18)19/h3-7,11H,2,8-9,15-16H2,1H3,(H,18,19). The van der Waals surface area contributed by atoms with Gasteiger partial charge in [-0.3, -0.25) is 4.79 Å². The van der Waals surface area contributed by atoms with Gasteiger partial charge in [-0.15, -0.1) is 0 Å². The Labute approximate surface area is 112 Å². The molecule has 0 aliphatic heterocycles. The largest absolute Gasteiger partial charge is 0.480 e. The van der Waals surface area contributed by atoms with E-state index < -0.39 is 23.2 Å². The number of carbonyl (C=O) groups excluding carboxylic acids is 1. The molecular formula is C14H20N2O3.